The summed E-state index contributed by atoms with van der Waals surface area (Å²) < 4.78 is 1.28. The first-order valence-corrected chi connectivity index (χ1v) is 6.37. The van der Waals surface area contributed by atoms with E-state index in [1.165, 1.54) is 16.8 Å². The van der Waals surface area contributed by atoms with Crippen LogP contribution in [0.15, 0.2) is 16.9 Å². The van der Waals surface area contributed by atoms with Gasteiger partial charge in [0, 0.05) is 31.2 Å². The number of amides is 1. The fourth-order valence-electron chi connectivity index (χ4n) is 1.41. The molecule has 0 aliphatic carbocycles. The van der Waals surface area contributed by atoms with Crippen LogP contribution < -0.4 is 10.9 Å². The molecule has 0 unspecified atom stereocenters. The molecule has 6 heteroatoms. The SMILES string of the molecule is CCCn1nc(C(=O)NCC(C)(C)CO)ccc1=O. The molecular formula is C13H21N3O3. The summed E-state index contributed by atoms with van der Waals surface area (Å²) in [5, 5.41) is 15.8. The van der Waals surface area contributed by atoms with Gasteiger partial charge in [0.1, 0.15) is 5.69 Å². The van der Waals surface area contributed by atoms with Crippen molar-refractivity contribution in [1.82, 2.24) is 15.1 Å². The lowest BCUT2D eigenvalue weighted by molar-refractivity contribution is 0.0903. The van der Waals surface area contributed by atoms with Crippen LogP contribution >= 0.6 is 0 Å². The highest BCUT2D eigenvalue weighted by atomic mass is 16.3. The molecule has 1 aromatic rings. The molecule has 2 N–H and O–H groups in total. The van der Waals surface area contributed by atoms with Gasteiger partial charge in [0.15, 0.2) is 0 Å². The van der Waals surface area contributed by atoms with Gasteiger partial charge < -0.3 is 10.4 Å². The van der Waals surface area contributed by atoms with Gasteiger partial charge in [-0.1, -0.05) is 20.8 Å². The van der Waals surface area contributed by atoms with Crippen molar-refractivity contribution in [3.63, 3.8) is 0 Å². The Balaban J connectivity index is 2.77. The van der Waals surface area contributed by atoms with Crippen LogP contribution in [0.3, 0.4) is 0 Å². The molecule has 0 aromatic carbocycles. The minimum atomic E-state index is -0.381. The molecule has 1 heterocycles. The fraction of sp³-hybridized carbons (Fsp3) is 0.615. The molecule has 0 spiro atoms. The minimum Gasteiger partial charge on any atom is -0.396 e. The molecular weight excluding hydrogens is 246 g/mol. The molecule has 19 heavy (non-hydrogen) atoms. The van der Waals surface area contributed by atoms with Crippen molar-refractivity contribution in [1.29, 1.82) is 0 Å². The van der Waals surface area contributed by atoms with E-state index in [1.807, 2.05) is 20.8 Å². The monoisotopic (exact) mass is 267 g/mol. The second-order valence-electron chi connectivity index (χ2n) is 5.28. The zero-order valence-electron chi connectivity index (χ0n) is 11.6. The van der Waals surface area contributed by atoms with E-state index in [1.54, 1.807) is 0 Å². The van der Waals surface area contributed by atoms with Gasteiger partial charge in [0.25, 0.3) is 11.5 Å². The molecule has 1 aromatic heterocycles. The third-order valence-electron chi connectivity index (χ3n) is 2.69. The average Bonchev–Trinajstić information content (AvgIpc) is 2.39. The summed E-state index contributed by atoms with van der Waals surface area (Å²) in [4.78, 5) is 23.4. The number of carbonyl (C=O) groups is 1. The largest absolute Gasteiger partial charge is 0.396 e. The molecule has 0 aliphatic rings. The van der Waals surface area contributed by atoms with Gasteiger partial charge in [-0.25, -0.2) is 4.68 Å². The first-order valence-electron chi connectivity index (χ1n) is 6.37. The fourth-order valence-corrected chi connectivity index (χ4v) is 1.41. The number of hydrogen-bond donors (Lipinski definition) is 2. The molecule has 106 valence electrons. The molecule has 0 saturated carbocycles. The first-order chi connectivity index (χ1) is 8.89. The summed E-state index contributed by atoms with van der Waals surface area (Å²) in [5.74, 6) is -0.341. The molecule has 1 amide bonds. The van der Waals surface area contributed by atoms with E-state index >= 15 is 0 Å². The van der Waals surface area contributed by atoms with E-state index in [4.69, 9.17) is 5.11 Å². The molecule has 0 radical (unpaired) electrons. The maximum absolute atomic E-state index is 11.9. The smallest absolute Gasteiger partial charge is 0.271 e. The van der Waals surface area contributed by atoms with Crippen LogP contribution in [0.1, 0.15) is 37.7 Å². The lowest BCUT2D eigenvalue weighted by Crippen LogP contribution is -2.37. The summed E-state index contributed by atoms with van der Waals surface area (Å²) >= 11 is 0. The van der Waals surface area contributed by atoms with Crippen LogP contribution in [0.25, 0.3) is 0 Å². The van der Waals surface area contributed by atoms with Crippen LogP contribution in [0.5, 0.6) is 0 Å². The third kappa shape index (κ3) is 4.48. The van der Waals surface area contributed by atoms with Gasteiger partial charge in [-0.3, -0.25) is 9.59 Å². The Labute approximate surface area is 112 Å². The average molecular weight is 267 g/mol. The summed E-state index contributed by atoms with van der Waals surface area (Å²) in [6.45, 7) is 6.44. The Kier molecular flexibility index (Phi) is 5.23. The van der Waals surface area contributed by atoms with Crippen LogP contribution in [-0.4, -0.2) is 33.9 Å². The molecule has 1 rings (SSSR count). The quantitative estimate of drug-likeness (QED) is 0.781. The van der Waals surface area contributed by atoms with E-state index in [2.05, 4.69) is 10.4 Å². The number of nitrogens with one attached hydrogen (secondary N) is 1. The Morgan fingerprint density at radius 3 is 2.74 bits per heavy atom. The number of nitrogens with zero attached hydrogens (tertiary/aromatic N) is 2. The number of carbonyl (C=O) groups excluding carboxylic acids is 1. The second kappa shape index (κ2) is 6.47. The standard InChI is InChI=1S/C13H21N3O3/c1-4-7-16-11(18)6-5-10(15-16)12(19)14-8-13(2,3)9-17/h5-6,17H,4,7-9H2,1-3H3,(H,14,19). The van der Waals surface area contributed by atoms with Crippen molar-refractivity contribution in [2.24, 2.45) is 5.41 Å². The molecule has 0 aliphatic heterocycles. The van der Waals surface area contributed by atoms with E-state index in [9.17, 15) is 9.59 Å². The zero-order valence-corrected chi connectivity index (χ0v) is 11.6. The molecule has 0 saturated heterocycles. The predicted molar refractivity (Wildman–Crippen MR) is 72.0 cm³/mol. The van der Waals surface area contributed by atoms with Crippen LogP contribution in [0.4, 0.5) is 0 Å². The third-order valence-corrected chi connectivity index (χ3v) is 2.69. The van der Waals surface area contributed by atoms with E-state index in [0.717, 1.165) is 6.42 Å². The van der Waals surface area contributed by atoms with E-state index < -0.39 is 0 Å². The van der Waals surface area contributed by atoms with Crippen LogP contribution in [0.2, 0.25) is 0 Å². The number of aromatic nitrogens is 2. The number of aryl methyl sites for hydroxylation is 1. The Morgan fingerprint density at radius 1 is 1.47 bits per heavy atom. The zero-order chi connectivity index (χ0) is 14.5. The van der Waals surface area contributed by atoms with Crippen LogP contribution in [0, 0.1) is 5.41 Å². The maximum Gasteiger partial charge on any atom is 0.271 e. The van der Waals surface area contributed by atoms with Gasteiger partial charge in [0.05, 0.1) is 0 Å². The highest BCUT2D eigenvalue weighted by Gasteiger charge is 2.18. The van der Waals surface area contributed by atoms with Crippen molar-refractivity contribution in [2.45, 2.75) is 33.7 Å². The van der Waals surface area contributed by atoms with Gasteiger partial charge in [-0.15, -0.1) is 0 Å². The second-order valence-corrected chi connectivity index (χ2v) is 5.28. The van der Waals surface area contributed by atoms with Crippen molar-refractivity contribution < 1.29 is 9.90 Å². The van der Waals surface area contributed by atoms with Crippen molar-refractivity contribution in [2.75, 3.05) is 13.2 Å². The summed E-state index contributed by atoms with van der Waals surface area (Å²) in [7, 11) is 0. The van der Waals surface area contributed by atoms with E-state index in [-0.39, 0.29) is 29.2 Å². The highest BCUT2D eigenvalue weighted by molar-refractivity contribution is 5.92. The minimum absolute atomic E-state index is 0.0178. The maximum atomic E-state index is 11.9. The Morgan fingerprint density at radius 2 is 2.16 bits per heavy atom. The number of aliphatic hydroxyl groups is 1. The topological polar surface area (TPSA) is 84.2 Å². The predicted octanol–water partition coefficient (Wildman–Crippen LogP) is 0.402. The summed E-state index contributed by atoms with van der Waals surface area (Å²) in [6.07, 6.45) is 0.773. The van der Waals surface area contributed by atoms with Crippen LogP contribution in [-0.2, 0) is 6.54 Å². The number of hydrogen-bond acceptors (Lipinski definition) is 4. The summed E-state index contributed by atoms with van der Waals surface area (Å²) in [5.41, 5.74) is -0.385. The molecule has 0 bridgehead atoms. The highest BCUT2D eigenvalue weighted by Crippen LogP contribution is 2.11. The summed E-state index contributed by atoms with van der Waals surface area (Å²) in [6, 6.07) is 2.75. The number of aliphatic hydroxyl groups excluding tert-OH is 1. The molecule has 0 fully saturated rings. The van der Waals surface area contributed by atoms with E-state index in [0.29, 0.717) is 13.1 Å². The molecule has 6 nitrogen and oxygen atoms in total. The number of rotatable bonds is 6. The van der Waals surface area contributed by atoms with Gasteiger partial charge >= 0.3 is 0 Å². The van der Waals surface area contributed by atoms with Gasteiger partial charge in [-0.2, -0.15) is 5.10 Å². The molecule has 0 atom stereocenters. The van der Waals surface area contributed by atoms with Crippen molar-refractivity contribution >= 4 is 5.91 Å². The van der Waals surface area contributed by atoms with Crippen molar-refractivity contribution in [3.05, 3.63) is 28.2 Å². The normalized spacial score (nSPS) is 11.4. The van der Waals surface area contributed by atoms with Gasteiger partial charge in [-0.05, 0) is 12.5 Å². The first kappa shape index (κ1) is 15.4. The van der Waals surface area contributed by atoms with Crippen molar-refractivity contribution in [3.8, 4) is 0 Å². The lowest BCUT2D eigenvalue weighted by Gasteiger charge is -2.21. The Bertz CT molecular complexity index is 494. The Hall–Kier alpha value is -1.69. The lowest BCUT2D eigenvalue weighted by atomic mass is 9.95. The van der Waals surface area contributed by atoms with Gasteiger partial charge in [0.2, 0.25) is 0 Å².